The lowest BCUT2D eigenvalue weighted by Gasteiger charge is -2.27. The van der Waals surface area contributed by atoms with E-state index in [0.717, 1.165) is 51.5 Å². The summed E-state index contributed by atoms with van der Waals surface area (Å²) >= 11 is 0. The van der Waals surface area contributed by atoms with E-state index in [-0.39, 0.29) is 30.1 Å². The first-order chi connectivity index (χ1) is 12.3. The summed E-state index contributed by atoms with van der Waals surface area (Å²) in [5.41, 5.74) is -0.466. The van der Waals surface area contributed by atoms with Gasteiger partial charge in [-0.15, -0.1) is 24.0 Å². The fraction of sp³-hybridized carbons (Fsp3) is 0.895. The number of carbonyl (C=O) groups is 1. The van der Waals surface area contributed by atoms with Crippen LogP contribution in [0, 0.1) is 5.92 Å². The Hall–Kier alpha value is -0.770. The maximum atomic E-state index is 12.4. The second kappa shape index (κ2) is 11.3. The molecule has 1 saturated heterocycles. The van der Waals surface area contributed by atoms with Gasteiger partial charge in [-0.25, -0.2) is 4.79 Å². The zero-order valence-electron chi connectivity index (χ0n) is 17.5. The molecule has 7 nitrogen and oxygen atoms in total. The monoisotopic (exact) mass is 496 g/mol. The third-order valence-corrected chi connectivity index (χ3v) is 4.47. The third-order valence-electron chi connectivity index (χ3n) is 4.47. The van der Waals surface area contributed by atoms with Crippen LogP contribution in [0.1, 0.15) is 47.0 Å². The first kappa shape index (κ1) is 24.3. The number of aliphatic imine (C=N–C) groups is 1. The minimum atomic E-state index is -0.466. The Bertz CT molecular complexity index is 486. The number of carbonyl (C=O) groups excluding carboxylic acids is 1. The molecule has 0 aromatic carbocycles. The van der Waals surface area contributed by atoms with Crippen molar-refractivity contribution in [3.8, 4) is 0 Å². The summed E-state index contributed by atoms with van der Waals surface area (Å²) in [6.07, 6.45) is 3.00. The standard InChI is InChI=1S/C19H36N4O3.HI/c1-6-20-17(22(5)13-15-9-12-25-14-15)21-10-11-23(16-7-8-16)18(24)26-19(2,3)4;/h15-16H,6-14H2,1-5H3,(H,20,21);1H. The van der Waals surface area contributed by atoms with Gasteiger partial charge in [0.1, 0.15) is 5.60 Å². The summed E-state index contributed by atoms with van der Waals surface area (Å²) in [6.45, 7) is 12.4. The van der Waals surface area contributed by atoms with Crippen LogP contribution < -0.4 is 5.32 Å². The Morgan fingerprint density at radius 3 is 2.52 bits per heavy atom. The van der Waals surface area contributed by atoms with Gasteiger partial charge >= 0.3 is 6.09 Å². The number of nitrogens with zero attached hydrogens (tertiary/aromatic N) is 3. The zero-order chi connectivity index (χ0) is 19.2. The fourth-order valence-electron chi connectivity index (χ4n) is 3.06. The van der Waals surface area contributed by atoms with Gasteiger partial charge in [-0.1, -0.05) is 0 Å². The molecule has 1 aliphatic carbocycles. The molecule has 0 aromatic heterocycles. The van der Waals surface area contributed by atoms with Gasteiger partial charge < -0.3 is 24.6 Å². The van der Waals surface area contributed by atoms with Crippen molar-refractivity contribution in [2.75, 3.05) is 46.4 Å². The van der Waals surface area contributed by atoms with Crippen molar-refractivity contribution < 1.29 is 14.3 Å². The predicted octanol–water partition coefficient (Wildman–Crippen LogP) is 2.94. The molecule has 0 spiro atoms. The fourth-order valence-corrected chi connectivity index (χ4v) is 3.06. The average Bonchev–Trinajstić information content (AvgIpc) is 3.25. The second-order valence-corrected chi connectivity index (χ2v) is 8.25. The van der Waals surface area contributed by atoms with Gasteiger partial charge in [0.15, 0.2) is 5.96 Å². The molecule has 1 heterocycles. The SMILES string of the molecule is CCNC(=NCCN(C(=O)OC(C)(C)C)C1CC1)N(C)CC1CCOC1.I. The zero-order valence-corrected chi connectivity index (χ0v) is 19.8. The van der Waals surface area contributed by atoms with E-state index < -0.39 is 5.60 Å². The maximum Gasteiger partial charge on any atom is 0.410 e. The average molecular weight is 496 g/mol. The van der Waals surface area contributed by atoms with E-state index >= 15 is 0 Å². The van der Waals surface area contributed by atoms with Gasteiger partial charge in [0, 0.05) is 45.2 Å². The number of amides is 1. The van der Waals surface area contributed by atoms with Gasteiger partial charge in [-0.3, -0.25) is 4.99 Å². The highest BCUT2D eigenvalue weighted by atomic mass is 127. The molecular formula is C19H37IN4O3. The lowest BCUT2D eigenvalue weighted by Crippen LogP contribution is -2.43. The highest BCUT2D eigenvalue weighted by Gasteiger charge is 2.34. The summed E-state index contributed by atoms with van der Waals surface area (Å²) in [5, 5.41) is 3.34. The van der Waals surface area contributed by atoms with Crippen LogP contribution in [0.4, 0.5) is 4.79 Å². The van der Waals surface area contributed by atoms with Crippen LogP contribution in [0.3, 0.4) is 0 Å². The molecule has 1 N–H and O–H groups in total. The Balaban J connectivity index is 0.00000364. The van der Waals surface area contributed by atoms with Crippen molar-refractivity contribution in [2.45, 2.75) is 58.6 Å². The quantitative estimate of drug-likeness (QED) is 0.334. The van der Waals surface area contributed by atoms with Gasteiger partial charge in [-0.2, -0.15) is 0 Å². The van der Waals surface area contributed by atoms with Gasteiger partial charge in [0.25, 0.3) is 0 Å². The van der Waals surface area contributed by atoms with E-state index in [1.54, 1.807) is 0 Å². The number of ether oxygens (including phenoxy) is 2. The van der Waals surface area contributed by atoms with Crippen molar-refractivity contribution in [1.29, 1.82) is 0 Å². The van der Waals surface area contributed by atoms with E-state index in [4.69, 9.17) is 14.5 Å². The number of rotatable bonds is 7. The lowest BCUT2D eigenvalue weighted by atomic mass is 10.1. The molecular weight excluding hydrogens is 459 g/mol. The van der Waals surface area contributed by atoms with E-state index in [9.17, 15) is 4.79 Å². The molecule has 0 bridgehead atoms. The van der Waals surface area contributed by atoms with Crippen LogP contribution in [-0.4, -0.2) is 79.9 Å². The van der Waals surface area contributed by atoms with Gasteiger partial charge in [0.2, 0.25) is 0 Å². The summed E-state index contributed by atoms with van der Waals surface area (Å²) in [4.78, 5) is 21.1. The highest BCUT2D eigenvalue weighted by Crippen LogP contribution is 2.28. The minimum Gasteiger partial charge on any atom is -0.444 e. The Labute approximate surface area is 181 Å². The van der Waals surface area contributed by atoms with Gasteiger partial charge in [-0.05, 0) is 47.0 Å². The molecule has 158 valence electrons. The van der Waals surface area contributed by atoms with E-state index in [1.165, 1.54) is 0 Å². The van der Waals surface area contributed by atoms with Crippen LogP contribution in [-0.2, 0) is 9.47 Å². The highest BCUT2D eigenvalue weighted by molar-refractivity contribution is 14.0. The number of nitrogens with one attached hydrogen (secondary N) is 1. The normalized spacial score (nSPS) is 20.0. The van der Waals surface area contributed by atoms with Crippen LogP contribution in [0.5, 0.6) is 0 Å². The molecule has 1 atom stereocenters. The van der Waals surface area contributed by atoms with E-state index in [1.807, 2.05) is 25.7 Å². The lowest BCUT2D eigenvalue weighted by molar-refractivity contribution is 0.0240. The second-order valence-electron chi connectivity index (χ2n) is 8.25. The molecule has 0 radical (unpaired) electrons. The van der Waals surface area contributed by atoms with E-state index in [0.29, 0.717) is 25.0 Å². The smallest absolute Gasteiger partial charge is 0.410 e. The largest absolute Gasteiger partial charge is 0.444 e. The first-order valence-electron chi connectivity index (χ1n) is 9.87. The van der Waals surface area contributed by atoms with E-state index in [2.05, 4.69) is 24.2 Å². The number of halogens is 1. The van der Waals surface area contributed by atoms with Crippen LogP contribution in [0.2, 0.25) is 0 Å². The Morgan fingerprint density at radius 1 is 1.30 bits per heavy atom. The van der Waals surface area contributed by atoms with Crippen molar-refractivity contribution in [1.82, 2.24) is 15.1 Å². The predicted molar refractivity (Wildman–Crippen MR) is 119 cm³/mol. The number of hydrogen-bond acceptors (Lipinski definition) is 4. The Kier molecular flexibility index (Phi) is 10.1. The van der Waals surface area contributed by atoms with Crippen LogP contribution in [0.15, 0.2) is 4.99 Å². The molecule has 27 heavy (non-hydrogen) atoms. The maximum absolute atomic E-state index is 12.4. The molecule has 1 aliphatic heterocycles. The van der Waals surface area contributed by atoms with Crippen molar-refractivity contribution >= 4 is 36.0 Å². The summed E-state index contributed by atoms with van der Waals surface area (Å²) in [6, 6.07) is 0.316. The summed E-state index contributed by atoms with van der Waals surface area (Å²) in [5.74, 6) is 1.45. The molecule has 2 rings (SSSR count). The molecule has 1 amide bonds. The van der Waals surface area contributed by atoms with Crippen LogP contribution in [0.25, 0.3) is 0 Å². The Morgan fingerprint density at radius 2 is 2.00 bits per heavy atom. The topological polar surface area (TPSA) is 66.4 Å². The van der Waals surface area contributed by atoms with Crippen molar-refractivity contribution in [2.24, 2.45) is 10.9 Å². The first-order valence-corrected chi connectivity index (χ1v) is 9.87. The van der Waals surface area contributed by atoms with Gasteiger partial charge in [0.05, 0.1) is 13.2 Å². The molecule has 0 aromatic rings. The molecule has 8 heteroatoms. The summed E-state index contributed by atoms with van der Waals surface area (Å²) in [7, 11) is 2.06. The molecule has 1 unspecified atom stereocenters. The van der Waals surface area contributed by atoms with Crippen molar-refractivity contribution in [3.05, 3.63) is 0 Å². The minimum absolute atomic E-state index is 0. The van der Waals surface area contributed by atoms with Crippen molar-refractivity contribution in [3.63, 3.8) is 0 Å². The number of guanidine groups is 1. The van der Waals surface area contributed by atoms with Crippen LogP contribution >= 0.6 is 24.0 Å². The molecule has 2 fully saturated rings. The molecule has 1 saturated carbocycles. The third kappa shape index (κ3) is 8.85. The summed E-state index contributed by atoms with van der Waals surface area (Å²) < 4.78 is 11.0. The number of hydrogen-bond donors (Lipinski definition) is 1. The molecule has 2 aliphatic rings.